The molecule has 1 saturated heterocycles. The average Bonchev–Trinajstić information content (AvgIpc) is 2.89. The smallest absolute Gasteiger partial charge is 0.254 e. The molecular formula is C28H29Cl2FN4O4S. The molecule has 1 heterocycles. The number of rotatable bonds is 10. The summed E-state index contributed by atoms with van der Waals surface area (Å²) < 4.78 is 42.7. The van der Waals surface area contributed by atoms with Crippen molar-refractivity contribution in [2.24, 2.45) is 5.92 Å². The summed E-state index contributed by atoms with van der Waals surface area (Å²) in [7, 11) is -2.40. The lowest BCUT2D eigenvalue weighted by molar-refractivity contribution is -0.122. The van der Waals surface area contributed by atoms with Crippen LogP contribution in [0, 0.1) is 11.7 Å². The van der Waals surface area contributed by atoms with E-state index in [4.69, 9.17) is 23.2 Å². The Hall–Kier alpha value is -3.18. The second-order valence-electron chi connectivity index (χ2n) is 9.71. The first-order valence-electron chi connectivity index (χ1n) is 12.5. The number of anilines is 1. The molecule has 0 aliphatic carbocycles. The Morgan fingerprint density at radius 3 is 2.05 bits per heavy atom. The summed E-state index contributed by atoms with van der Waals surface area (Å²) in [6.45, 7) is 2.52. The fourth-order valence-electron chi connectivity index (χ4n) is 4.68. The van der Waals surface area contributed by atoms with Crippen LogP contribution in [-0.2, 0) is 14.8 Å². The van der Waals surface area contributed by atoms with E-state index in [9.17, 15) is 22.4 Å². The van der Waals surface area contributed by atoms with E-state index in [1.165, 1.54) is 20.0 Å². The molecule has 8 nitrogen and oxygen atoms in total. The van der Waals surface area contributed by atoms with Gasteiger partial charge < -0.3 is 10.6 Å². The van der Waals surface area contributed by atoms with Gasteiger partial charge in [0, 0.05) is 41.8 Å². The molecule has 12 heteroatoms. The fourth-order valence-corrected chi connectivity index (χ4v) is 6.33. The normalized spacial score (nSPS) is 14.8. The van der Waals surface area contributed by atoms with Crippen LogP contribution in [0.1, 0.15) is 34.5 Å². The van der Waals surface area contributed by atoms with Gasteiger partial charge in [-0.1, -0.05) is 47.5 Å². The van der Waals surface area contributed by atoms with Gasteiger partial charge in [0.1, 0.15) is 11.9 Å². The number of nitrogens with zero attached hydrogens (tertiary/aromatic N) is 1. The summed E-state index contributed by atoms with van der Waals surface area (Å²) in [5.41, 5.74) is 1.72. The van der Waals surface area contributed by atoms with E-state index in [0.717, 1.165) is 23.3 Å². The number of likely N-dealkylation sites (tertiary alicyclic amines) is 1. The molecule has 3 aromatic rings. The zero-order valence-electron chi connectivity index (χ0n) is 21.8. The maximum Gasteiger partial charge on any atom is 0.254 e. The first kappa shape index (κ1) is 29.8. The minimum Gasteiger partial charge on any atom is -0.357 e. The average molecular weight is 608 g/mol. The Kier molecular flexibility index (Phi) is 9.35. The molecule has 0 aromatic heterocycles. The van der Waals surface area contributed by atoms with Crippen molar-refractivity contribution in [3.8, 4) is 0 Å². The topological polar surface area (TPSA) is 108 Å². The summed E-state index contributed by atoms with van der Waals surface area (Å²) in [5.74, 6) is -2.41. The second-order valence-corrected chi connectivity index (χ2v) is 12.4. The number of carbonyl (C=O) groups excluding carboxylic acids is 2. The van der Waals surface area contributed by atoms with Crippen molar-refractivity contribution >= 4 is 50.7 Å². The number of benzene rings is 3. The van der Waals surface area contributed by atoms with Crippen LogP contribution in [0.3, 0.4) is 0 Å². The van der Waals surface area contributed by atoms with E-state index in [1.54, 1.807) is 0 Å². The van der Waals surface area contributed by atoms with Gasteiger partial charge in [0.2, 0.25) is 15.9 Å². The van der Waals surface area contributed by atoms with Gasteiger partial charge in [0.05, 0.1) is 17.4 Å². The fraction of sp³-hybridized carbons (Fsp3) is 0.286. The van der Waals surface area contributed by atoms with Gasteiger partial charge in [-0.2, -0.15) is 0 Å². The Bertz CT molecular complexity index is 1440. The minimum absolute atomic E-state index is 0.0514. The molecule has 1 fully saturated rings. The van der Waals surface area contributed by atoms with Crippen LogP contribution in [-0.4, -0.2) is 57.1 Å². The lowest BCUT2D eigenvalue weighted by Crippen LogP contribution is -2.51. The predicted octanol–water partition coefficient (Wildman–Crippen LogP) is 4.46. The van der Waals surface area contributed by atoms with Crippen molar-refractivity contribution < 1.29 is 22.4 Å². The second kappa shape index (κ2) is 12.6. The van der Waals surface area contributed by atoms with Gasteiger partial charge >= 0.3 is 0 Å². The summed E-state index contributed by atoms with van der Waals surface area (Å²) in [4.78, 5) is 26.4. The van der Waals surface area contributed by atoms with Crippen LogP contribution >= 0.6 is 23.2 Å². The highest BCUT2D eigenvalue weighted by Crippen LogP contribution is 2.36. The van der Waals surface area contributed by atoms with Crippen LogP contribution in [0.2, 0.25) is 10.0 Å². The van der Waals surface area contributed by atoms with E-state index < -0.39 is 33.7 Å². The van der Waals surface area contributed by atoms with E-state index in [0.29, 0.717) is 23.1 Å². The predicted molar refractivity (Wildman–Crippen MR) is 155 cm³/mol. The van der Waals surface area contributed by atoms with Gasteiger partial charge in [0.15, 0.2) is 0 Å². The highest BCUT2D eigenvalue weighted by atomic mass is 35.5. The molecule has 0 spiro atoms. The number of hydrogen-bond donors (Lipinski definition) is 3. The molecule has 0 bridgehead atoms. The highest BCUT2D eigenvalue weighted by molar-refractivity contribution is 7.92. The van der Waals surface area contributed by atoms with Crippen molar-refractivity contribution in [3.63, 3.8) is 0 Å². The zero-order valence-corrected chi connectivity index (χ0v) is 24.2. The van der Waals surface area contributed by atoms with E-state index in [-0.39, 0.29) is 29.0 Å². The third-order valence-electron chi connectivity index (χ3n) is 6.65. The molecule has 1 aliphatic heterocycles. The van der Waals surface area contributed by atoms with Crippen LogP contribution in [0.4, 0.5) is 10.1 Å². The van der Waals surface area contributed by atoms with E-state index >= 15 is 0 Å². The molecule has 40 heavy (non-hydrogen) atoms. The van der Waals surface area contributed by atoms with Crippen LogP contribution in [0.5, 0.6) is 0 Å². The number of carbonyl (C=O) groups is 2. The third-order valence-corrected chi connectivity index (χ3v) is 8.61. The number of sulfonamides is 1. The standard InChI is InChI=1S/C28H29Cl2FN4O4S/c1-17(27(36)32-2)33-28(37)24-13-23(11-12-25(24)31)34-40(38,39)16-18-14-35(15-18)26(19-3-7-21(29)8-4-19)20-5-9-22(30)10-6-20/h3-13,17-18,26,34H,14-16H2,1-2H3,(H,32,36)(H,33,37). The van der Waals surface area contributed by atoms with Gasteiger partial charge in [-0.05, 0) is 60.5 Å². The van der Waals surface area contributed by atoms with Gasteiger partial charge in [-0.3, -0.25) is 19.2 Å². The molecule has 1 aliphatic rings. The number of halogens is 3. The molecule has 4 rings (SSSR count). The van der Waals surface area contributed by atoms with Gasteiger partial charge in [-0.15, -0.1) is 0 Å². The molecule has 3 N–H and O–H groups in total. The summed E-state index contributed by atoms with van der Waals surface area (Å²) in [6, 6.07) is 17.4. The molecular weight excluding hydrogens is 578 g/mol. The number of hydrogen-bond acceptors (Lipinski definition) is 5. The van der Waals surface area contributed by atoms with Crippen molar-refractivity contribution in [2.75, 3.05) is 30.6 Å². The molecule has 3 aromatic carbocycles. The highest BCUT2D eigenvalue weighted by Gasteiger charge is 2.36. The largest absolute Gasteiger partial charge is 0.357 e. The van der Waals surface area contributed by atoms with E-state index in [2.05, 4.69) is 20.3 Å². The third kappa shape index (κ3) is 7.31. The Balaban J connectivity index is 1.42. The van der Waals surface area contributed by atoms with Crippen molar-refractivity contribution in [3.05, 3.63) is 99.3 Å². The van der Waals surface area contributed by atoms with Crippen LogP contribution in [0.15, 0.2) is 66.7 Å². The summed E-state index contributed by atoms with van der Waals surface area (Å²) in [5, 5.41) is 6.03. The van der Waals surface area contributed by atoms with Crippen molar-refractivity contribution in [2.45, 2.75) is 19.0 Å². The molecule has 1 atom stereocenters. The number of amides is 2. The molecule has 0 radical (unpaired) electrons. The summed E-state index contributed by atoms with van der Waals surface area (Å²) in [6.07, 6.45) is 0. The van der Waals surface area contributed by atoms with Crippen LogP contribution < -0.4 is 15.4 Å². The maximum absolute atomic E-state index is 14.3. The van der Waals surface area contributed by atoms with Gasteiger partial charge in [-0.25, -0.2) is 12.8 Å². The number of likely N-dealkylation sites (N-methyl/N-ethyl adjacent to an activating group) is 1. The zero-order chi connectivity index (χ0) is 29.0. The monoisotopic (exact) mass is 606 g/mol. The Morgan fingerprint density at radius 2 is 1.52 bits per heavy atom. The van der Waals surface area contributed by atoms with Crippen molar-refractivity contribution in [1.82, 2.24) is 15.5 Å². The molecule has 1 unspecified atom stereocenters. The maximum atomic E-state index is 14.3. The quantitative estimate of drug-likeness (QED) is 0.316. The van der Waals surface area contributed by atoms with Gasteiger partial charge in [0.25, 0.3) is 5.91 Å². The van der Waals surface area contributed by atoms with E-state index in [1.807, 2.05) is 48.5 Å². The summed E-state index contributed by atoms with van der Waals surface area (Å²) >= 11 is 12.2. The lowest BCUT2D eigenvalue weighted by atomic mass is 9.91. The van der Waals surface area contributed by atoms with Crippen molar-refractivity contribution in [1.29, 1.82) is 0 Å². The number of nitrogens with one attached hydrogen (secondary N) is 3. The lowest BCUT2D eigenvalue weighted by Gasteiger charge is -2.44. The Labute approximate surface area is 242 Å². The molecule has 212 valence electrons. The molecule has 2 amide bonds. The molecule has 0 saturated carbocycles. The SMILES string of the molecule is CNC(=O)C(C)NC(=O)c1cc(NS(=O)(=O)CC2CN(C(c3ccc(Cl)cc3)c3ccc(Cl)cc3)C2)ccc1F. The first-order chi connectivity index (χ1) is 19.0. The first-order valence-corrected chi connectivity index (χ1v) is 14.9. The minimum atomic E-state index is -3.81. The Morgan fingerprint density at radius 1 is 0.975 bits per heavy atom. The van der Waals surface area contributed by atoms with Crippen LogP contribution in [0.25, 0.3) is 0 Å².